The number of rotatable bonds is 3. The van der Waals surface area contributed by atoms with Crippen LogP contribution < -0.4 is 0 Å². The fraction of sp³-hybridized carbons (Fsp3) is 0.429. The number of amides is 1. The summed E-state index contributed by atoms with van der Waals surface area (Å²) in [7, 11) is 0. The summed E-state index contributed by atoms with van der Waals surface area (Å²) < 4.78 is 0. The Morgan fingerprint density at radius 3 is 2.64 bits per heavy atom. The lowest BCUT2D eigenvalue weighted by Crippen LogP contribution is -2.51. The minimum atomic E-state index is 0.138. The van der Waals surface area contributed by atoms with E-state index in [0.29, 0.717) is 5.92 Å². The molecule has 1 aromatic heterocycles. The highest BCUT2D eigenvalue weighted by Crippen LogP contribution is 2.45. The standard InChI is InChI=1S/C21H25N3O/c1-2-23-14-19-15-24(20(25)17-8-11-22-12-9-17)13-10-21(19,16-23)18-6-4-3-5-7-18/h3-9,11-12,19H,2,10,13-16H2,1H3. The normalized spacial score (nSPS) is 26.4. The molecule has 2 fully saturated rings. The average molecular weight is 335 g/mol. The van der Waals surface area contributed by atoms with E-state index in [9.17, 15) is 4.79 Å². The van der Waals surface area contributed by atoms with Crippen LogP contribution in [0, 0.1) is 5.92 Å². The van der Waals surface area contributed by atoms with E-state index in [2.05, 4.69) is 47.1 Å². The molecule has 2 saturated heterocycles. The number of hydrogen-bond donors (Lipinski definition) is 0. The van der Waals surface area contributed by atoms with Crippen molar-refractivity contribution in [2.45, 2.75) is 18.8 Å². The summed E-state index contributed by atoms with van der Waals surface area (Å²) in [6, 6.07) is 14.5. The second-order valence-electron chi connectivity index (χ2n) is 7.28. The van der Waals surface area contributed by atoms with Gasteiger partial charge in [-0.25, -0.2) is 0 Å². The van der Waals surface area contributed by atoms with Crippen molar-refractivity contribution >= 4 is 5.91 Å². The Kier molecular flexibility index (Phi) is 4.30. The third-order valence-electron chi connectivity index (χ3n) is 6.04. The quantitative estimate of drug-likeness (QED) is 0.865. The highest BCUT2D eigenvalue weighted by atomic mass is 16.2. The maximum absolute atomic E-state index is 12.9. The molecular weight excluding hydrogens is 310 g/mol. The zero-order chi connectivity index (χ0) is 17.3. The number of benzene rings is 1. The number of nitrogens with zero attached hydrogens (tertiary/aromatic N) is 3. The molecule has 130 valence electrons. The summed E-state index contributed by atoms with van der Waals surface area (Å²) in [6.07, 6.45) is 4.43. The van der Waals surface area contributed by atoms with Crippen molar-refractivity contribution in [3.8, 4) is 0 Å². The van der Waals surface area contributed by atoms with Gasteiger partial charge in [-0.3, -0.25) is 9.78 Å². The molecule has 0 aliphatic carbocycles. The summed E-state index contributed by atoms with van der Waals surface area (Å²) >= 11 is 0. The lowest BCUT2D eigenvalue weighted by molar-refractivity contribution is 0.0602. The van der Waals surface area contributed by atoms with Crippen LogP contribution in [0.1, 0.15) is 29.3 Å². The lowest BCUT2D eigenvalue weighted by Gasteiger charge is -2.44. The molecule has 25 heavy (non-hydrogen) atoms. The third-order valence-corrected chi connectivity index (χ3v) is 6.04. The van der Waals surface area contributed by atoms with Gasteiger partial charge in [0.1, 0.15) is 0 Å². The van der Waals surface area contributed by atoms with E-state index >= 15 is 0 Å². The number of aromatic nitrogens is 1. The van der Waals surface area contributed by atoms with Gasteiger partial charge in [0.05, 0.1) is 0 Å². The van der Waals surface area contributed by atoms with Crippen LogP contribution in [0.3, 0.4) is 0 Å². The second kappa shape index (κ2) is 6.60. The molecule has 1 aromatic carbocycles. The summed E-state index contributed by atoms with van der Waals surface area (Å²) in [6.45, 7) is 7.15. The fourth-order valence-corrected chi connectivity index (χ4v) is 4.63. The van der Waals surface area contributed by atoms with Crippen LogP contribution in [-0.2, 0) is 5.41 Å². The molecule has 4 heteroatoms. The topological polar surface area (TPSA) is 36.4 Å². The van der Waals surface area contributed by atoms with Crippen LogP contribution in [-0.4, -0.2) is 53.4 Å². The van der Waals surface area contributed by atoms with Crippen molar-refractivity contribution in [2.24, 2.45) is 5.92 Å². The number of piperidine rings is 1. The number of fused-ring (bicyclic) bond motifs is 1. The largest absolute Gasteiger partial charge is 0.338 e. The Bertz CT molecular complexity index is 733. The molecule has 0 bridgehead atoms. The maximum Gasteiger partial charge on any atom is 0.253 e. The van der Waals surface area contributed by atoms with Gasteiger partial charge in [0, 0.05) is 55.5 Å². The molecule has 3 heterocycles. The zero-order valence-corrected chi connectivity index (χ0v) is 14.8. The van der Waals surface area contributed by atoms with Crippen molar-refractivity contribution in [1.82, 2.24) is 14.8 Å². The Hall–Kier alpha value is -2.20. The van der Waals surface area contributed by atoms with Crippen LogP contribution in [0.15, 0.2) is 54.9 Å². The van der Waals surface area contributed by atoms with Gasteiger partial charge < -0.3 is 9.80 Å². The van der Waals surface area contributed by atoms with E-state index < -0.39 is 0 Å². The predicted octanol–water partition coefficient (Wildman–Crippen LogP) is 2.82. The first kappa shape index (κ1) is 16.3. The van der Waals surface area contributed by atoms with Crippen molar-refractivity contribution in [2.75, 3.05) is 32.7 Å². The number of likely N-dealkylation sites (tertiary alicyclic amines) is 2. The van der Waals surface area contributed by atoms with Crippen LogP contribution in [0.2, 0.25) is 0 Å². The van der Waals surface area contributed by atoms with Gasteiger partial charge in [-0.05, 0) is 30.7 Å². The van der Waals surface area contributed by atoms with Gasteiger partial charge in [-0.2, -0.15) is 0 Å². The van der Waals surface area contributed by atoms with Gasteiger partial charge in [0.25, 0.3) is 5.91 Å². The van der Waals surface area contributed by atoms with Crippen molar-refractivity contribution < 1.29 is 4.79 Å². The summed E-state index contributed by atoms with van der Waals surface area (Å²) in [5, 5.41) is 0. The van der Waals surface area contributed by atoms with Gasteiger partial charge in [-0.15, -0.1) is 0 Å². The number of pyridine rings is 1. The molecule has 4 rings (SSSR count). The average Bonchev–Trinajstić information content (AvgIpc) is 3.08. The van der Waals surface area contributed by atoms with E-state index in [4.69, 9.17) is 0 Å². The molecule has 2 aliphatic heterocycles. The molecule has 0 N–H and O–H groups in total. The van der Waals surface area contributed by atoms with Crippen LogP contribution in [0.5, 0.6) is 0 Å². The molecule has 4 nitrogen and oxygen atoms in total. The van der Waals surface area contributed by atoms with E-state index in [0.717, 1.165) is 44.7 Å². The molecule has 1 amide bonds. The molecule has 0 radical (unpaired) electrons. The van der Waals surface area contributed by atoms with Gasteiger partial charge in [0.2, 0.25) is 0 Å². The molecule has 2 atom stereocenters. The van der Waals surface area contributed by atoms with Gasteiger partial charge >= 0.3 is 0 Å². The highest BCUT2D eigenvalue weighted by molar-refractivity contribution is 5.94. The molecule has 2 aliphatic rings. The Morgan fingerprint density at radius 2 is 1.92 bits per heavy atom. The summed E-state index contributed by atoms with van der Waals surface area (Å²) in [4.78, 5) is 21.5. The number of hydrogen-bond acceptors (Lipinski definition) is 3. The highest BCUT2D eigenvalue weighted by Gasteiger charge is 2.50. The van der Waals surface area contributed by atoms with Crippen molar-refractivity contribution in [3.63, 3.8) is 0 Å². The molecule has 0 spiro atoms. The van der Waals surface area contributed by atoms with Crippen LogP contribution in [0.25, 0.3) is 0 Å². The molecule has 2 aromatic rings. The summed E-state index contributed by atoms with van der Waals surface area (Å²) in [5.74, 6) is 0.633. The molecule has 2 unspecified atom stereocenters. The van der Waals surface area contributed by atoms with E-state index in [1.54, 1.807) is 12.4 Å². The van der Waals surface area contributed by atoms with E-state index in [1.165, 1.54) is 5.56 Å². The lowest BCUT2D eigenvalue weighted by atomic mass is 9.68. The Labute approximate surface area is 149 Å². The van der Waals surface area contributed by atoms with Crippen LogP contribution >= 0.6 is 0 Å². The van der Waals surface area contributed by atoms with E-state index in [1.807, 2.05) is 17.0 Å². The first-order chi connectivity index (χ1) is 12.2. The Balaban J connectivity index is 1.60. The number of carbonyl (C=O) groups excluding carboxylic acids is 1. The minimum Gasteiger partial charge on any atom is -0.338 e. The first-order valence-electron chi connectivity index (χ1n) is 9.20. The minimum absolute atomic E-state index is 0.138. The monoisotopic (exact) mass is 335 g/mol. The fourth-order valence-electron chi connectivity index (χ4n) is 4.63. The number of likely N-dealkylation sites (N-methyl/N-ethyl adjacent to an activating group) is 1. The van der Waals surface area contributed by atoms with Gasteiger partial charge in [0.15, 0.2) is 0 Å². The molecule has 0 saturated carbocycles. The SMILES string of the molecule is CCN1CC2CN(C(=O)c3ccncc3)CCC2(c2ccccc2)C1. The third kappa shape index (κ3) is 2.85. The maximum atomic E-state index is 12.9. The predicted molar refractivity (Wildman–Crippen MR) is 98.5 cm³/mol. The number of carbonyl (C=O) groups is 1. The smallest absolute Gasteiger partial charge is 0.253 e. The zero-order valence-electron chi connectivity index (χ0n) is 14.8. The van der Waals surface area contributed by atoms with Gasteiger partial charge in [-0.1, -0.05) is 37.3 Å². The summed E-state index contributed by atoms with van der Waals surface area (Å²) in [5.41, 5.74) is 2.37. The van der Waals surface area contributed by atoms with Crippen molar-refractivity contribution in [1.29, 1.82) is 0 Å². The second-order valence-corrected chi connectivity index (χ2v) is 7.28. The van der Waals surface area contributed by atoms with Crippen LogP contribution in [0.4, 0.5) is 0 Å². The molecular formula is C21H25N3O. The Morgan fingerprint density at radius 1 is 1.16 bits per heavy atom. The first-order valence-corrected chi connectivity index (χ1v) is 9.20. The van der Waals surface area contributed by atoms with Crippen molar-refractivity contribution in [3.05, 3.63) is 66.0 Å². The van der Waals surface area contributed by atoms with E-state index in [-0.39, 0.29) is 11.3 Å².